The van der Waals surface area contributed by atoms with Gasteiger partial charge in [0.2, 0.25) is 5.82 Å². The van der Waals surface area contributed by atoms with Crippen LogP contribution >= 0.6 is 0 Å². The fourth-order valence-corrected chi connectivity index (χ4v) is 2.00. The molecule has 0 spiro atoms. The minimum atomic E-state index is -0.580. The van der Waals surface area contributed by atoms with Crippen LogP contribution < -0.4 is 14.9 Å². The standard InChI is InChI=1S/C14H20BFO4/c1-13(2)14(3,4)20-15(19-13)9-7-10(17-5)12(16)11(8-9)18-6/h7-8H,1-6H3. The number of benzene rings is 1. The van der Waals surface area contributed by atoms with Crippen molar-refractivity contribution in [2.24, 2.45) is 0 Å². The molecule has 0 aliphatic carbocycles. The van der Waals surface area contributed by atoms with E-state index in [4.69, 9.17) is 18.8 Å². The third-order valence-electron chi connectivity index (χ3n) is 3.99. The molecule has 110 valence electrons. The molecule has 6 heteroatoms. The average molecular weight is 282 g/mol. The van der Waals surface area contributed by atoms with Gasteiger partial charge in [-0.1, -0.05) is 0 Å². The van der Waals surface area contributed by atoms with Crippen LogP contribution in [0.4, 0.5) is 4.39 Å². The summed E-state index contributed by atoms with van der Waals surface area (Å²) in [5.41, 5.74) is -0.238. The SMILES string of the molecule is COc1cc(B2OC(C)(C)C(C)(C)O2)cc(OC)c1F. The van der Waals surface area contributed by atoms with Gasteiger partial charge in [0.1, 0.15) is 0 Å². The van der Waals surface area contributed by atoms with E-state index in [0.29, 0.717) is 5.46 Å². The normalized spacial score (nSPS) is 20.1. The van der Waals surface area contributed by atoms with E-state index in [2.05, 4.69) is 0 Å². The summed E-state index contributed by atoms with van der Waals surface area (Å²) in [6.07, 6.45) is 0. The Hall–Kier alpha value is -1.27. The molecule has 1 aromatic rings. The van der Waals surface area contributed by atoms with Crippen LogP contribution in [0.5, 0.6) is 11.5 Å². The summed E-state index contributed by atoms with van der Waals surface area (Å²) in [7, 11) is 2.24. The molecule has 0 bridgehead atoms. The van der Waals surface area contributed by atoms with Gasteiger partial charge in [0.15, 0.2) is 11.5 Å². The van der Waals surface area contributed by atoms with E-state index >= 15 is 0 Å². The van der Waals surface area contributed by atoms with Crippen LogP contribution in [0, 0.1) is 5.82 Å². The van der Waals surface area contributed by atoms with Crippen molar-refractivity contribution >= 4 is 12.6 Å². The summed E-state index contributed by atoms with van der Waals surface area (Å²) in [5, 5.41) is 0. The first kappa shape index (κ1) is 15.1. The molecule has 0 N–H and O–H groups in total. The highest BCUT2D eigenvalue weighted by atomic mass is 19.1. The van der Waals surface area contributed by atoms with Crippen molar-refractivity contribution in [3.63, 3.8) is 0 Å². The summed E-state index contributed by atoms with van der Waals surface area (Å²) in [6.45, 7) is 7.85. The molecule has 1 saturated heterocycles. The molecule has 0 saturated carbocycles. The quantitative estimate of drug-likeness (QED) is 0.796. The van der Waals surface area contributed by atoms with Crippen LogP contribution in [-0.2, 0) is 9.31 Å². The van der Waals surface area contributed by atoms with Crippen LogP contribution in [0.25, 0.3) is 0 Å². The predicted octanol–water partition coefficient (Wildman–Crippen LogP) is 2.14. The lowest BCUT2D eigenvalue weighted by atomic mass is 9.79. The van der Waals surface area contributed by atoms with Gasteiger partial charge in [-0.25, -0.2) is 0 Å². The molecule has 1 aliphatic heterocycles. The highest BCUT2D eigenvalue weighted by molar-refractivity contribution is 6.62. The van der Waals surface area contributed by atoms with E-state index in [-0.39, 0.29) is 11.5 Å². The highest BCUT2D eigenvalue weighted by Crippen LogP contribution is 2.37. The van der Waals surface area contributed by atoms with Gasteiger partial charge in [0.25, 0.3) is 0 Å². The van der Waals surface area contributed by atoms with Crippen molar-refractivity contribution in [1.29, 1.82) is 0 Å². The van der Waals surface area contributed by atoms with Crippen molar-refractivity contribution in [2.45, 2.75) is 38.9 Å². The maximum atomic E-state index is 13.9. The largest absolute Gasteiger partial charge is 0.495 e. The smallest absolute Gasteiger partial charge is 0.494 e. The number of ether oxygens (including phenoxy) is 2. The fraction of sp³-hybridized carbons (Fsp3) is 0.571. The van der Waals surface area contributed by atoms with Gasteiger partial charge in [-0.15, -0.1) is 0 Å². The second-order valence-electron chi connectivity index (χ2n) is 5.83. The molecule has 0 unspecified atom stereocenters. The Morgan fingerprint density at radius 1 is 0.950 bits per heavy atom. The second kappa shape index (κ2) is 4.93. The lowest BCUT2D eigenvalue weighted by Crippen LogP contribution is -2.41. The molecule has 1 heterocycles. The van der Waals surface area contributed by atoms with E-state index < -0.39 is 24.1 Å². The van der Waals surface area contributed by atoms with Crippen LogP contribution in [0.2, 0.25) is 0 Å². The maximum absolute atomic E-state index is 13.9. The fourth-order valence-electron chi connectivity index (χ4n) is 2.00. The Bertz CT molecular complexity index is 475. The number of hydrogen-bond donors (Lipinski definition) is 0. The van der Waals surface area contributed by atoms with Crippen molar-refractivity contribution < 1.29 is 23.2 Å². The lowest BCUT2D eigenvalue weighted by molar-refractivity contribution is 0.00578. The number of rotatable bonds is 3. The maximum Gasteiger partial charge on any atom is 0.495 e. The Morgan fingerprint density at radius 2 is 1.35 bits per heavy atom. The predicted molar refractivity (Wildman–Crippen MR) is 75.2 cm³/mol. The van der Waals surface area contributed by atoms with Gasteiger partial charge in [-0.2, -0.15) is 4.39 Å². The molecule has 0 radical (unpaired) electrons. The zero-order valence-corrected chi connectivity index (χ0v) is 12.7. The van der Waals surface area contributed by atoms with Crippen molar-refractivity contribution in [3.8, 4) is 11.5 Å². The molecular formula is C14H20BFO4. The van der Waals surface area contributed by atoms with Crippen LogP contribution in [-0.4, -0.2) is 32.5 Å². The van der Waals surface area contributed by atoms with Gasteiger partial charge in [-0.05, 0) is 45.3 Å². The molecule has 1 aromatic carbocycles. The first-order chi connectivity index (χ1) is 9.21. The first-order valence-electron chi connectivity index (χ1n) is 6.49. The van der Waals surface area contributed by atoms with Crippen LogP contribution in [0.15, 0.2) is 12.1 Å². The third-order valence-corrected chi connectivity index (χ3v) is 3.99. The highest BCUT2D eigenvalue weighted by Gasteiger charge is 2.52. The van der Waals surface area contributed by atoms with Crippen molar-refractivity contribution in [1.82, 2.24) is 0 Å². The summed E-state index contributed by atoms with van der Waals surface area (Å²) in [4.78, 5) is 0. The number of hydrogen-bond acceptors (Lipinski definition) is 4. The second-order valence-corrected chi connectivity index (χ2v) is 5.83. The van der Waals surface area contributed by atoms with E-state index in [1.165, 1.54) is 14.2 Å². The van der Waals surface area contributed by atoms with E-state index in [0.717, 1.165) is 0 Å². The van der Waals surface area contributed by atoms with Crippen molar-refractivity contribution in [3.05, 3.63) is 17.9 Å². The van der Waals surface area contributed by atoms with Gasteiger partial charge >= 0.3 is 7.12 Å². The Balaban J connectivity index is 2.40. The molecule has 0 aromatic heterocycles. The van der Waals surface area contributed by atoms with Crippen LogP contribution in [0.3, 0.4) is 0 Å². The summed E-state index contributed by atoms with van der Waals surface area (Å²) < 4.78 is 35.8. The van der Waals surface area contributed by atoms with Gasteiger partial charge in [-0.3, -0.25) is 0 Å². The summed E-state index contributed by atoms with van der Waals surface area (Å²) in [6, 6.07) is 3.14. The van der Waals surface area contributed by atoms with Gasteiger partial charge in [0.05, 0.1) is 25.4 Å². The minimum absolute atomic E-state index is 0.106. The molecule has 0 atom stereocenters. The van der Waals surface area contributed by atoms with Crippen LogP contribution in [0.1, 0.15) is 27.7 Å². The minimum Gasteiger partial charge on any atom is -0.494 e. The molecule has 4 nitrogen and oxygen atoms in total. The van der Waals surface area contributed by atoms with Crippen molar-refractivity contribution in [2.75, 3.05) is 14.2 Å². The van der Waals surface area contributed by atoms with Gasteiger partial charge in [0, 0.05) is 0 Å². The van der Waals surface area contributed by atoms with E-state index in [9.17, 15) is 4.39 Å². The molecule has 2 rings (SSSR count). The molecule has 1 fully saturated rings. The molecule has 20 heavy (non-hydrogen) atoms. The van der Waals surface area contributed by atoms with E-state index in [1.54, 1.807) is 12.1 Å². The van der Waals surface area contributed by atoms with E-state index in [1.807, 2.05) is 27.7 Å². The Labute approximate surface area is 119 Å². The Morgan fingerprint density at radius 3 is 1.70 bits per heavy atom. The molecule has 1 aliphatic rings. The number of halogens is 1. The topological polar surface area (TPSA) is 36.9 Å². The first-order valence-corrected chi connectivity index (χ1v) is 6.49. The van der Waals surface area contributed by atoms with Gasteiger partial charge < -0.3 is 18.8 Å². The average Bonchev–Trinajstić information content (AvgIpc) is 2.58. The lowest BCUT2D eigenvalue weighted by Gasteiger charge is -2.32. The molecular weight excluding hydrogens is 262 g/mol. The zero-order chi connectivity index (χ0) is 15.1. The monoisotopic (exact) mass is 282 g/mol. The third kappa shape index (κ3) is 2.38. The molecule has 0 amide bonds. The zero-order valence-electron chi connectivity index (χ0n) is 12.7. The number of methoxy groups -OCH3 is 2. The Kier molecular flexibility index (Phi) is 3.73. The summed E-state index contributed by atoms with van der Waals surface area (Å²) >= 11 is 0. The summed E-state index contributed by atoms with van der Waals surface area (Å²) in [5.74, 6) is -0.321.